The summed E-state index contributed by atoms with van der Waals surface area (Å²) in [6.45, 7) is 8.02. The van der Waals surface area contributed by atoms with Gasteiger partial charge in [0.05, 0.1) is 4.92 Å². The van der Waals surface area contributed by atoms with E-state index in [2.05, 4.69) is 30.3 Å². The highest BCUT2D eigenvalue weighted by Crippen LogP contribution is 2.33. The summed E-state index contributed by atoms with van der Waals surface area (Å²) in [5.74, 6) is 0. The monoisotopic (exact) mass is 532 g/mol. The fourth-order valence-electron chi connectivity index (χ4n) is 5.79. The Hall–Kier alpha value is -4.16. The van der Waals surface area contributed by atoms with Gasteiger partial charge in [0.25, 0.3) is 5.69 Å². The lowest BCUT2D eigenvalue weighted by atomic mass is 10.1. The first-order chi connectivity index (χ1) is 19.0. The lowest BCUT2D eigenvalue weighted by Gasteiger charge is -2.37. The number of nitrogens with one attached hydrogen (secondary N) is 3. The van der Waals surface area contributed by atoms with Gasteiger partial charge in [-0.3, -0.25) is 34.4 Å². The summed E-state index contributed by atoms with van der Waals surface area (Å²) < 4.78 is 1.75. The molecule has 204 valence electrons. The number of benzene rings is 2. The highest BCUT2D eigenvalue weighted by Gasteiger charge is 2.24. The third-order valence-electron chi connectivity index (χ3n) is 7.89. The molecule has 0 aromatic heterocycles. The van der Waals surface area contributed by atoms with Gasteiger partial charge in [-0.2, -0.15) is 0 Å². The predicted molar refractivity (Wildman–Crippen MR) is 150 cm³/mol. The molecule has 2 aromatic rings. The van der Waals surface area contributed by atoms with Crippen molar-refractivity contribution in [3.63, 3.8) is 0 Å². The van der Waals surface area contributed by atoms with Gasteiger partial charge in [0.2, 0.25) is 10.9 Å². The van der Waals surface area contributed by atoms with Crippen molar-refractivity contribution in [2.45, 2.75) is 13.0 Å². The molecule has 3 aliphatic heterocycles. The van der Waals surface area contributed by atoms with E-state index in [0.717, 1.165) is 71.0 Å². The lowest BCUT2D eigenvalue weighted by Crippen LogP contribution is -2.47. The van der Waals surface area contributed by atoms with E-state index in [1.807, 2.05) is 12.1 Å². The van der Waals surface area contributed by atoms with Crippen molar-refractivity contribution in [2.75, 3.05) is 68.7 Å². The number of nitro groups is 1. The molecule has 2 saturated heterocycles. The summed E-state index contributed by atoms with van der Waals surface area (Å²) in [5, 5.41) is 22.4. The van der Waals surface area contributed by atoms with Crippen molar-refractivity contribution in [2.24, 2.45) is 0 Å². The van der Waals surface area contributed by atoms with Gasteiger partial charge < -0.3 is 15.1 Å². The molecular weight excluding hydrogens is 500 g/mol. The minimum Gasteiger partial charge on any atom is -0.369 e. The van der Waals surface area contributed by atoms with Gasteiger partial charge in [0.15, 0.2) is 0 Å². The normalized spacial score (nSPS) is 16.8. The number of H-pyrrole nitrogens is 2. The second-order valence-electron chi connectivity index (χ2n) is 10.2. The molecule has 0 amide bonds. The standard InChI is InChI=1S/C27H32N8O4/c36-26-20-4-1-2-5-21(20)27(37)25-24(26)29-30-34(25)11-3-10-31-14-16-32(17-15-31)19-6-7-22(35(38)39)23(18-19)33-12-8-28-9-13-33/h1-2,4-7,18,28-30H,3,8-17H2. The molecule has 0 atom stereocenters. The van der Waals surface area contributed by atoms with Gasteiger partial charge in [-0.05, 0) is 18.6 Å². The van der Waals surface area contributed by atoms with Gasteiger partial charge in [-0.25, -0.2) is 5.21 Å². The average Bonchev–Trinajstić information content (AvgIpc) is 3.41. The molecule has 2 aromatic carbocycles. The smallest absolute Gasteiger partial charge is 0.292 e. The number of anilines is 2. The van der Waals surface area contributed by atoms with E-state index in [0.29, 0.717) is 33.7 Å². The van der Waals surface area contributed by atoms with E-state index < -0.39 is 0 Å². The fraction of sp³-hybridized carbons (Fsp3) is 0.407. The number of fused-ring (bicyclic) bond motifs is 1. The van der Waals surface area contributed by atoms with E-state index in [4.69, 9.17) is 0 Å². The van der Waals surface area contributed by atoms with Crippen LogP contribution in [0.3, 0.4) is 0 Å². The number of hydrogen-bond acceptors (Lipinski definition) is 8. The Balaban J connectivity index is 1.10. The molecule has 4 aliphatic rings. The fourth-order valence-corrected chi connectivity index (χ4v) is 5.79. The molecule has 0 bridgehead atoms. The zero-order chi connectivity index (χ0) is 26.9. The summed E-state index contributed by atoms with van der Waals surface area (Å²) in [4.78, 5) is 44.0. The first-order valence-corrected chi connectivity index (χ1v) is 13.4. The van der Waals surface area contributed by atoms with E-state index in [-0.39, 0.29) is 21.5 Å². The van der Waals surface area contributed by atoms with Crippen LogP contribution < -0.4 is 26.0 Å². The van der Waals surface area contributed by atoms with Crippen molar-refractivity contribution in [3.05, 3.63) is 83.7 Å². The van der Waals surface area contributed by atoms with E-state index in [9.17, 15) is 19.7 Å². The number of aromatic nitrogens is 3. The molecule has 3 N–H and O–H groups in total. The maximum Gasteiger partial charge on any atom is 0.292 e. The molecule has 0 spiro atoms. The number of rotatable bonds is 7. The Bertz CT molecular complexity index is 1680. The van der Waals surface area contributed by atoms with Crippen molar-refractivity contribution in [1.29, 1.82) is 0 Å². The molecular formula is C27H32N8O4. The van der Waals surface area contributed by atoms with E-state index in [1.54, 1.807) is 35.0 Å². The third kappa shape index (κ3) is 4.77. The predicted octanol–water partition coefficient (Wildman–Crippen LogP) is 1.27. The molecule has 6 rings (SSSR count). The number of aryl methyl sites for hydroxylation is 1. The van der Waals surface area contributed by atoms with Crippen LogP contribution in [0.1, 0.15) is 6.42 Å². The van der Waals surface area contributed by atoms with Crippen LogP contribution in [0.25, 0.3) is 10.8 Å². The molecule has 0 saturated carbocycles. The maximum atomic E-state index is 13.1. The molecule has 12 heteroatoms. The molecule has 1 aliphatic carbocycles. The van der Waals surface area contributed by atoms with Crippen molar-refractivity contribution >= 4 is 27.8 Å². The largest absolute Gasteiger partial charge is 0.369 e. The maximum absolute atomic E-state index is 13.1. The van der Waals surface area contributed by atoms with Gasteiger partial charge in [0.1, 0.15) is 16.4 Å². The molecule has 39 heavy (non-hydrogen) atoms. The van der Waals surface area contributed by atoms with Crippen molar-refractivity contribution in [3.8, 4) is 0 Å². The van der Waals surface area contributed by atoms with Gasteiger partial charge in [-0.15, -0.1) is 0 Å². The molecule has 0 unspecified atom stereocenters. The first kappa shape index (κ1) is 25.1. The van der Waals surface area contributed by atoms with Crippen LogP contribution in [0.5, 0.6) is 0 Å². The molecule has 3 heterocycles. The third-order valence-corrected chi connectivity index (χ3v) is 7.89. The summed E-state index contributed by atoms with van der Waals surface area (Å²) in [7, 11) is 0. The number of nitro benzene ring substituents is 1. The Morgan fingerprint density at radius 2 is 1.56 bits per heavy atom. The number of aromatic amines is 2. The van der Waals surface area contributed by atoms with E-state index >= 15 is 0 Å². The Morgan fingerprint density at radius 1 is 0.846 bits per heavy atom. The molecule has 12 nitrogen and oxygen atoms in total. The van der Waals surface area contributed by atoms with Gasteiger partial charge in [0, 0.05) is 88.0 Å². The summed E-state index contributed by atoms with van der Waals surface area (Å²) in [6, 6.07) is 12.4. The van der Waals surface area contributed by atoms with Crippen molar-refractivity contribution < 1.29 is 4.92 Å². The summed E-state index contributed by atoms with van der Waals surface area (Å²) >= 11 is 0. The van der Waals surface area contributed by atoms with Crippen LogP contribution in [0.4, 0.5) is 17.1 Å². The number of piperazine rings is 2. The number of nitrogens with zero attached hydrogens (tertiary/aromatic N) is 5. The van der Waals surface area contributed by atoms with Crippen LogP contribution >= 0.6 is 0 Å². The minimum absolute atomic E-state index is 0.144. The minimum atomic E-state index is -0.293. The Morgan fingerprint density at radius 3 is 2.28 bits per heavy atom. The second-order valence-corrected chi connectivity index (χ2v) is 10.2. The lowest BCUT2D eigenvalue weighted by molar-refractivity contribution is -0.384. The zero-order valence-electron chi connectivity index (χ0n) is 21.7. The highest BCUT2D eigenvalue weighted by atomic mass is 16.6. The van der Waals surface area contributed by atoms with Gasteiger partial charge in [-0.1, -0.05) is 24.3 Å². The summed E-state index contributed by atoms with van der Waals surface area (Å²) in [6.07, 6.45) is 0.819. The quantitative estimate of drug-likeness (QED) is 0.239. The van der Waals surface area contributed by atoms with Crippen molar-refractivity contribution in [1.82, 2.24) is 25.2 Å². The Kier molecular flexibility index (Phi) is 6.79. The van der Waals surface area contributed by atoms with Crippen LogP contribution in [-0.4, -0.2) is 83.7 Å². The van der Waals surface area contributed by atoms with Crippen LogP contribution in [0.15, 0.2) is 52.1 Å². The molecule has 2 fully saturated rings. The number of hydrogen-bond donors (Lipinski definition) is 3. The molecule has 0 radical (unpaired) electrons. The first-order valence-electron chi connectivity index (χ1n) is 13.4. The zero-order valence-corrected chi connectivity index (χ0v) is 21.7. The van der Waals surface area contributed by atoms with E-state index in [1.165, 1.54) is 0 Å². The van der Waals surface area contributed by atoms with Crippen LogP contribution in [-0.2, 0) is 6.54 Å². The summed E-state index contributed by atoms with van der Waals surface area (Å²) in [5.41, 5.74) is 1.55. The second kappa shape index (κ2) is 10.5. The topological polar surface area (TPSA) is 136 Å². The van der Waals surface area contributed by atoms with Crippen LogP contribution in [0, 0.1) is 20.8 Å². The van der Waals surface area contributed by atoms with Crippen LogP contribution in [0.2, 0.25) is 0 Å². The van der Waals surface area contributed by atoms with Gasteiger partial charge >= 0.3 is 0 Å². The average molecular weight is 533 g/mol. The SMILES string of the molecule is O=c1c2[nH][nH]n(CCCN3CCN(c4ccc([N+](=O)[O-])c(N5CCNCC5)c4)CC3)c=2c(=O)c2ccccc12. The Labute approximate surface area is 223 Å². The highest BCUT2D eigenvalue weighted by molar-refractivity contribution is 5.81.